The number of carbonyl (C=O) groups excluding carboxylic acids is 2. The monoisotopic (exact) mass is 492 g/mol. The van der Waals surface area contributed by atoms with Gasteiger partial charge in [-0.2, -0.15) is 0 Å². The average molecular weight is 493 g/mol. The predicted octanol–water partition coefficient (Wildman–Crippen LogP) is 5.45. The summed E-state index contributed by atoms with van der Waals surface area (Å²) >= 11 is 0. The van der Waals surface area contributed by atoms with E-state index in [9.17, 15) is 14.7 Å². The molecule has 1 fully saturated rings. The van der Waals surface area contributed by atoms with Gasteiger partial charge in [0.1, 0.15) is 11.5 Å². The van der Waals surface area contributed by atoms with E-state index in [0.717, 1.165) is 36.1 Å². The Bertz CT molecular complexity index is 1130. The van der Waals surface area contributed by atoms with E-state index < -0.39 is 17.7 Å². The average Bonchev–Trinajstić information content (AvgIpc) is 3.06. The highest BCUT2D eigenvalue weighted by atomic mass is 16.5. The molecule has 0 radical (unpaired) electrons. The van der Waals surface area contributed by atoms with E-state index in [1.165, 1.54) is 0 Å². The van der Waals surface area contributed by atoms with Crippen LogP contribution in [0.3, 0.4) is 0 Å². The molecule has 6 heteroatoms. The van der Waals surface area contributed by atoms with E-state index in [4.69, 9.17) is 4.74 Å². The number of rotatable bonds is 9. The van der Waals surface area contributed by atoms with Gasteiger partial charge in [0.15, 0.2) is 0 Å². The topological polar surface area (TPSA) is 70.1 Å². The van der Waals surface area contributed by atoms with Gasteiger partial charge in [-0.25, -0.2) is 0 Å². The Morgan fingerprint density at radius 2 is 1.75 bits per heavy atom. The zero-order valence-electron chi connectivity index (χ0n) is 22.7. The first-order chi connectivity index (χ1) is 17.0. The highest BCUT2D eigenvalue weighted by Gasteiger charge is 2.46. The third-order valence-corrected chi connectivity index (χ3v) is 6.56. The van der Waals surface area contributed by atoms with Crippen LogP contribution in [0.15, 0.2) is 48.0 Å². The number of hydrogen-bond acceptors (Lipinski definition) is 5. The molecule has 1 saturated heterocycles. The fourth-order valence-corrected chi connectivity index (χ4v) is 4.54. The lowest BCUT2D eigenvalue weighted by Gasteiger charge is -2.27. The first-order valence-corrected chi connectivity index (χ1v) is 12.7. The molecule has 1 amide bonds. The first kappa shape index (κ1) is 27.5. The second-order valence-electron chi connectivity index (χ2n) is 10.8. The van der Waals surface area contributed by atoms with E-state index in [1.54, 1.807) is 17.0 Å². The second-order valence-corrected chi connectivity index (χ2v) is 10.8. The predicted molar refractivity (Wildman–Crippen MR) is 144 cm³/mol. The van der Waals surface area contributed by atoms with Crippen LogP contribution < -0.4 is 4.74 Å². The summed E-state index contributed by atoms with van der Waals surface area (Å²) in [6.07, 6.45) is 1.62. The summed E-state index contributed by atoms with van der Waals surface area (Å²) in [5, 5.41) is 11.4. The Labute approximate surface area is 215 Å². The minimum atomic E-state index is -0.645. The van der Waals surface area contributed by atoms with Crippen molar-refractivity contribution in [1.82, 2.24) is 9.80 Å². The minimum absolute atomic E-state index is 0.0231. The van der Waals surface area contributed by atoms with Crippen molar-refractivity contribution in [2.75, 3.05) is 33.8 Å². The number of carbonyl (C=O) groups is 2. The lowest BCUT2D eigenvalue weighted by molar-refractivity contribution is -0.139. The molecular formula is C30H40N2O4. The fraction of sp³-hybridized carbons (Fsp3) is 0.467. The van der Waals surface area contributed by atoms with Crippen LogP contribution in [0.2, 0.25) is 0 Å². The van der Waals surface area contributed by atoms with Gasteiger partial charge >= 0.3 is 0 Å². The molecule has 0 bridgehead atoms. The molecule has 36 heavy (non-hydrogen) atoms. The van der Waals surface area contributed by atoms with Crippen LogP contribution >= 0.6 is 0 Å². The number of benzene rings is 2. The van der Waals surface area contributed by atoms with Crippen molar-refractivity contribution in [2.45, 2.75) is 58.9 Å². The molecule has 0 spiro atoms. The summed E-state index contributed by atoms with van der Waals surface area (Å²) in [5.74, 6) is -0.647. The number of aryl methyl sites for hydroxylation is 1. The van der Waals surface area contributed by atoms with E-state index >= 15 is 0 Å². The van der Waals surface area contributed by atoms with Crippen LogP contribution in [0.5, 0.6) is 5.75 Å². The summed E-state index contributed by atoms with van der Waals surface area (Å²) in [5.41, 5.74) is 3.40. The molecule has 6 nitrogen and oxygen atoms in total. The zero-order valence-corrected chi connectivity index (χ0v) is 22.7. The van der Waals surface area contributed by atoms with Crippen LogP contribution in [-0.4, -0.2) is 60.4 Å². The number of aliphatic hydroxyl groups is 1. The standard InChI is InChI=1S/C30H40N2O4/c1-8-18-36-23-14-15-24(20(2)19-23)27(33)25-26(21-10-12-22(13-11-21)30(3,4)5)32(29(35)28(25)34)17-9-16-31(6)7/h10-15,19,26,33H,8-9,16-18H2,1-7H3/b27-25-. The minimum Gasteiger partial charge on any atom is -0.507 e. The number of nitrogens with zero attached hydrogens (tertiary/aromatic N) is 2. The third-order valence-electron chi connectivity index (χ3n) is 6.56. The van der Waals surface area contributed by atoms with E-state index in [0.29, 0.717) is 24.5 Å². The quantitative estimate of drug-likeness (QED) is 0.286. The Balaban J connectivity index is 2.09. The lowest BCUT2D eigenvalue weighted by Crippen LogP contribution is -2.32. The molecule has 1 atom stereocenters. The zero-order chi connectivity index (χ0) is 26.6. The number of likely N-dealkylation sites (tertiary alicyclic amines) is 1. The molecule has 1 heterocycles. The largest absolute Gasteiger partial charge is 0.507 e. The number of Topliss-reactive ketones (excluding diaryl/α,β-unsaturated/α-hetero) is 1. The summed E-state index contributed by atoms with van der Waals surface area (Å²) in [6.45, 7) is 12.2. The highest BCUT2D eigenvalue weighted by molar-refractivity contribution is 6.46. The molecular weight excluding hydrogens is 452 g/mol. The van der Waals surface area contributed by atoms with Crippen LogP contribution in [0.1, 0.15) is 68.8 Å². The molecule has 1 unspecified atom stereocenters. The van der Waals surface area contributed by atoms with Crippen molar-refractivity contribution >= 4 is 17.4 Å². The van der Waals surface area contributed by atoms with Gasteiger partial charge in [-0.05, 0) is 80.7 Å². The normalized spacial score (nSPS) is 17.8. The Kier molecular flexibility index (Phi) is 8.62. The van der Waals surface area contributed by atoms with Gasteiger partial charge < -0.3 is 19.6 Å². The van der Waals surface area contributed by atoms with Crippen LogP contribution in [0.25, 0.3) is 5.76 Å². The molecule has 0 aliphatic carbocycles. The smallest absolute Gasteiger partial charge is 0.295 e. The van der Waals surface area contributed by atoms with Crippen LogP contribution in [0.4, 0.5) is 0 Å². The number of ether oxygens (including phenoxy) is 1. The van der Waals surface area contributed by atoms with Gasteiger partial charge in [0.25, 0.3) is 11.7 Å². The Morgan fingerprint density at radius 1 is 1.08 bits per heavy atom. The highest BCUT2D eigenvalue weighted by Crippen LogP contribution is 2.40. The molecule has 2 aromatic rings. The van der Waals surface area contributed by atoms with E-state index in [2.05, 4.69) is 25.7 Å². The van der Waals surface area contributed by atoms with Crippen molar-refractivity contribution < 1.29 is 19.4 Å². The molecule has 1 aliphatic rings. The number of hydrogen-bond donors (Lipinski definition) is 1. The third kappa shape index (κ3) is 5.98. The van der Waals surface area contributed by atoms with Gasteiger partial charge in [0.2, 0.25) is 0 Å². The molecule has 1 aliphatic heterocycles. The maximum atomic E-state index is 13.3. The maximum absolute atomic E-state index is 13.3. The second kappa shape index (κ2) is 11.3. The number of amides is 1. The van der Waals surface area contributed by atoms with Crippen molar-refractivity contribution in [1.29, 1.82) is 0 Å². The number of aliphatic hydroxyl groups excluding tert-OH is 1. The van der Waals surface area contributed by atoms with Crippen molar-refractivity contribution in [3.05, 3.63) is 70.3 Å². The molecule has 194 valence electrons. The van der Waals surface area contributed by atoms with Gasteiger partial charge in [0, 0.05) is 12.1 Å². The van der Waals surface area contributed by atoms with E-state index in [-0.39, 0.29) is 16.7 Å². The Hall–Kier alpha value is -3.12. The molecule has 0 aromatic heterocycles. The summed E-state index contributed by atoms with van der Waals surface area (Å²) < 4.78 is 5.71. The maximum Gasteiger partial charge on any atom is 0.295 e. The van der Waals surface area contributed by atoms with Crippen molar-refractivity contribution in [3.8, 4) is 5.75 Å². The van der Waals surface area contributed by atoms with Crippen molar-refractivity contribution in [3.63, 3.8) is 0 Å². The van der Waals surface area contributed by atoms with Gasteiger partial charge in [-0.1, -0.05) is 52.0 Å². The lowest BCUT2D eigenvalue weighted by atomic mass is 9.85. The first-order valence-electron chi connectivity index (χ1n) is 12.7. The summed E-state index contributed by atoms with van der Waals surface area (Å²) in [6, 6.07) is 12.8. The van der Waals surface area contributed by atoms with E-state index in [1.807, 2.05) is 58.3 Å². The number of ketones is 1. The molecule has 0 saturated carbocycles. The summed E-state index contributed by atoms with van der Waals surface area (Å²) in [7, 11) is 3.96. The SMILES string of the molecule is CCCOc1ccc(/C(O)=C2/C(=O)C(=O)N(CCCN(C)C)C2c2ccc(C(C)(C)C)cc2)c(C)c1. The molecule has 1 N–H and O–H groups in total. The van der Waals surface area contributed by atoms with Gasteiger partial charge in [-0.15, -0.1) is 0 Å². The molecule has 2 aromatic carbocycles. The summed E-state index contributed by atoms with van der Waals surface area (Å²) in [4.78, 5) is 30.2. The van der Waals surface area contributed by atoms with Gasteiger partial charge in [0.05, 0.1) is 18.2 Å². The molecule has 3 rings (SSSR count). The fourth-order valence-electron chi connectivity index (χ4n) is 4.54. The van der Waals surface area contributed by atoms with Crippen LogP contribution in [-0.2, 0) is 15.0 Å². The van der Waals surface area contributed by atoms with Crippen LogP contribution in [0, 0.1) is 6.92 Å². The van der Waals surface area contributed by atoms with Gasteiger partial charge in [-0.3, -0.25) is 9.59 Å². The Morgan fingerprint density at radius 3 is 2.31 bits per heavy atom. The van der Waals surface area contributed by atoms with Crippen molar-refractivity contribution in [2.24, 2.45) is 0 Å².